The third kappa shape index (κ3) is 3.83. The van der Waals surface area contributed by atoms with Crippen LogP contribution in [0.1, 0.15) is 31.7 Å². The minimum atomic E-state index is -0.630. The molecule has 1 aliphatic rings. The fraction of sp³-hybridized carbons (Fsp3) is 0.588. The van der Waals surface area contributed by atoms with E-state index in [9.17, 15) is 4.79 Å². The molecule has 0 radical (unpaired) electrons. The monoisotopic (exact) mass is 290 g/mol. The predicted molar refractivity (Wildman–Crippen MR) is 84.3 cm³/mol. The molecule has 2 unspecified atom stereocenters. The first-order valence-electron chi connectivity index (χ1n) is 7.70. The third-order valence-corrected chi connectivity index (χ3v) is 4.29. The lowest BCUT2D eigenvalue weighted by molar-refractivity contribution is -0.148. The summed E-state index contributed by atoms with van der Waals surface area (Å²) < 4.78 is 4.96. The van der Waals surface area contributed by atoms with Crippen LogP contribution in [0.2, 0.25) is 0 Å². The number of methoxy groups -OCH3 is 1. The van der Waals surface area contributed by atoms with Gasteiger partial charge in [-0.15, -0.1) is 0 Å². The summed E-state index contributed by atoms with van der Waals surface area (Å²) in [7, 11) is 1.45. The number of likely N-dealkylation sites (tertiary alicyclic amines) is 1. The number of esters is 1. The summed E-state index contributed by atoms with van der Waals surface area (Å²) in [4.78, 5) is 14.4. The molecule has 0 saturated carbocycles. The van der Waals surface area contributed by atoms with E-state index in [0.29, 0.717) is 12.5 Å². The van der Waals surface area contributed by atoms with Crippen LogP contribution in [0.3, 0.4) is 0 Å². The fourth-order valence-electron chi connectivity index (χ4n) is 3.23. The Labute approximate surface area is 127 Å². The van der Waals surface area contributed by atoms with Gasteiger partial charge in [0.15, 0.2) is 0 Å². The smallest absolute Gasteiger partial charge is 0.327 e. The van der Waals surface area contributed by atoms with E-state index in [1.54, 1.807) is 0 Å². The highest BCUT2D eigenvalue weighted by Gasteiger charge is 2.37. The van der Waals surface area contributed by atoms with E-state index in [4.69, 9.17) is 4.74 Å². The maximum atomic E-state index is 12.1. The number of benzene rings is 1. The Morgan fingerprint density at radius 2 is 2.14 bits per heavy atom. The molecule has 1 aromatic rings. The number of ether oxygens (including phenoxy) is 1. The van der Waals surface area contributed by atoms with Gasteiger partial charge < -0.3 is 15.0 Å². The summed E-state index contributed by atoms with van der Waals surface area (Å²) in [6.45, 7) is 7.41. The van der Waals surface area contributed by atoms with Gasteiger partial charge in [-0.1, -0.05) is 37.3 Å². The molecular weight excluding hydrogens is 264 g/mol. The van der Waals surface area contributed by atoms with Crippen LogP contribution in [0.4, 0.5) is 0 Å². The molecule has 2 atom stereocenters. The molecule has 1 saturated heterocycles. The van der Waals surface area contributed by atoms with Crippen molar-refractivity contribution in [2.24, 2.45) is 0 Å². The molecule has 4 heteroatoms. The van der Waals surface area contributed by atoms with E-state index in [2.05, 4.69) is 40.5 Å². The van der Waals surface area contributed by atoms with Crippen LogP contribution in [0.5, 0.6) is 0 Å². The van der Waals surface area contributed by atoms with Crippen LogP contribution in [0.15, 0.2) is 30.3 Å². The van der Waals surface area contributed by atoms with Crippen LogP contribution in [0, 0.1) is 0 Å². The van der Waals surface area contributed by atoms with Crippen molar-refractivity contribution in [2.75, 3.05) is 33.3 Å². The van der Waals surface area contributed by atoms with Crippen LogP contribution in [0.25, 0.3) is 0 Å². The van der Waals surface area contributed by atoms with Crippen LogP contribution < -0.4 is 5.32 Å². The third-order valence-electron chi connectivity index (χ3n) is 4.29. The average molecular weight is 290 g/mol. The molecule has 2 rings (SSSR count). The summed E-state index contributed by atoms with van der Waals surface area (Å²) in [6.07, 6.45) is 1.15. The zero-order chi connectivity index (χ0) is 15.3. The molecule has 0 amide bonds. The van der Waals surface area contributed by atoms with Gasteiger partial charge in [0.05, 0.1) is 7.11 Å². The Morgan fingerprint density at radius 3 is 2.76 bits per heavy atom. The highest BCUT2D eigenvalue weighted by atomic mass is 16.5. The van der Waals surface area contributed by atoms with Gasteiger partial charge in [0.1, 0.15) is 5.54 Å². The van der Waals surface area contributed by atoms with Crippen LogP contribution >= 0.6 is 0 Å². The van der Waals surface area contributed by atoms with E-state index in [1.807, 2.05) is 13.8 Å². The second-order valence-electron chi connectivity index (χ2n) is 5.99. The van der Waals surface area contributed by atoms with Gasteiger partial charge in [-0.05, 0) is 37.9 Å². The van der Waals surface area contributed by atoms with Crippen molar-refractivity contribution in [1.29, 1.82) is 0 Å². The minimum absolute atomic E-state index is 0.187. The first kappa shape index (κ1) is 16.0. The van der Waals surface area contributed by atoms with Gasteiger partial charge in [0.25, 0.3) is 0 Å². The van der Waals surface area contributed by atoms with E-state index in [1.165, 1.54) is 12.7 Å². The average Bonchev–Trinajstić information content (AvgIpc) is 2.95. The number of carbonyl (C=O) groups is 1. The molecule has 21 heavy (non-hydrogen) atoms. The lowest BCUT2D eigenvalue weighted by Crippen LogP contribution is -2.57. The molecule has 0 aromatic heterocycles. The Bertz CT molecular complexity index is 463. The van der Waals surface area contributed by atoms with Crippen molar-refractivity contribution in [3.63, 3.8) is 0 Å². The predicted octanol–water partition coefficient (Wildman–Crippen LogP) is 2.02. The maximum absolute atomic E-state index is 12.1. The van der Waals surface area contributed by atoms with Crippen LogP contribution in [-0.4, -0.2) is 49.7 Å². The lowest BCUT2D eigenvalue weighted by atomic mass is 9.98. The van der Waals surface area contributed by atoms with Gasteiger partial charge in [0, 0.05) is 13.1 Å². The molecule has 1 N–H and O–H groups in total. The number of nitrogens with one attached hydrogen (secondary N) is 1. The standard InChI is InChI=1S/C17H26N2O2/c1-4-18-17(2,16(20)21-3)13-19-11-10-15(12-19)14-8-6-5-7-9-14/h5-9,15,18H,4,10-13H2,1-3H3. The van der Waals surface area contributed by atoms with Crippen molar-refractivity contribution in [3.8, 4) is 0 Å². The summed E-state index contributed by atoms with van der Waals surface area (Å²) in [5.41, 5.74) is 0.762. The van der Waals surface area contributed by atoms with Gasteiger partial charge in [-0.2, -0.15) is 0 Å². The molecule has 1 fully saturated rings. The number of nitrogens with zero attached hydrogens (tertiary/aromatic N) is 1. The summed E-state index contributed by atoms with van der Waals surface area (Å²) in [5.74, 6) is 0.377. The Morgan fingerprint density at radius 1 is 1.43 bits per heavy atom. The summed E-state index contributed by atoms with van der Waals surface area (Å²) in [6, 6.07) is 10.6. The largest absolute Gasteiger partial charge is 0.468 e. The fourth-order valence-corrected chi connectivity index (χ4v) is 3.23. The van der Waals surface area contributed by atoms with Crippen molar-refractivity contribution >= 4 is 5.97 Å². The molecule has 0 bridgehead atoms. The Balaban J connectivity index is 1.99. The van der Waals surface area contributed by atoms with Crippen molar-refractivity contribution in [2.45, 2.75) is 31.7 Å². The molecule has 1 heterocycles. The first-order chi connectivity index (χ1) is 10.1. The van der Waals surface area contributed by atoms with Gasteiger partial charge in [0.2, 0.25) is 0 Å². The van der Waals surface area contributed by atoms with E-state index >= 15 is 0 Å². The van der Waals surface area contributed by atoms with E-state index in [-0.39, 0.29) is 5.97 Å². The quantitative estimate of drug-likeness (QED) is 0.814. The topological polar surface area (TPSA) is 41.6 Å². The first-order valence-corrected chi connectivity index (χ1v) is 7.70. The second kappa shape index (κ2) is 7.05. The number of hydrogen-bond donors (Lipinski definition) is 1. The lowest BCUT2D eigenvalue weighted by Gasteiger charge is -2.32. The molecule has 0 aliphatic carbocycles. The molecule has 1 aromatic carbocycles. The summed E-state index contributed by atoms with van der Waals surface area (Å²) in [5, 5.41) is 3.27. The van der Waals surface area contributed by atoms with Gasteiger partial charge in [-0.3, -0.25) is 4.79 Å². The van der Waals surface area contributed by atoms with Crippen LogP contribution in [-0.2, 0) is 9.53 Å². The second-order valence-corrected chi connectivity index (χ2v) is 5.99. The number of rotatable bonds is 6. The summed E-state index contributed by atoms with van der Waals surface area (Å²) >= 11 is 0. The van der Waals surface area contributed by atoms with E-state index in [0.717, 1.165) is 26.1 Å². The SMILES string of the molecule is CCNC(C)(CN1CCC(c2ccccc2)C1)C(=O)OC. The van der Waals surface area contributed by atoms with Gasteiger partial charge in [-0.25, -0.2) is 0 Å². The number of hydrogen-bond acceptors (Lipinski definition) is 4. The normalized spacial score (nSPS) is 22.0. The van der Waals surface area contributed by atoms with Crippen molar-refractivity contribution in [3.05, 3.63) is 35.9 Å². The van der Waals surface area contributed by atoms with Gasteiger partial charge >= 0.3 is 5.97 Å². The minimum Gasteiger partial charge on any atom is -0.468 e. The highest BCUT2D eigenvalue weighted by Crippen LogP contribution is 2.28. The zero-order valence-corrected chi connectivity index (χ0v) is 13.3. The molecule has 0 spiro atoms. The Kier molecular flexibility index (Phi) is 5.37. The number of likely N-dealkylation sites (N-methyl/N-ethyl adjacent to an activating group) is 1. The van der Waals surface area contributed by atoms with E-state index < -0.39 is 5.54 Å². The Hall–Kier alpha value is -1.39. The van der Waals surface area contributed by atoms with Crippen molar-refractivity contribution in [1.82, 2.24) is 10.2 Å². The number of carbonyl (C=O) groups excluding carboxylic acids is 1. The molecule has 1 aliphatic heterocycles. The molecular formula is C17H26N2O2. The maximum Gasteiger partial charge on any atom is 0.327 e. The molecule has 116 valence electrons. The molecule has 4 nitrogen and oxygen atoms in total. The highest BCUT2D eigenvalue weighted by molar-refractivity contribution is 5.80. The van der Waals surface area contributed by atoms with Crippen molar-refractivity contribution < 1.29 is 9.53 Å². The zero-order valence-electron chi connectivity index (χ0n) is 13.3.